The van der Waals surface area contributed by atoms with Crippen molar-refractivity contribution < 1.29 is 4.79 Å². The van der Waals surface area contributed by atoms with E-state index in [1.165, 1.54) is 0 Å². The first-order valence-electron chi connectivity index (χ1n) is 3.68. The highest BCUT2D eigenvalue weighted by molar-refractivity contribution is 5.80. The first-order chi connectivity index (χ1) is 4.63. The van der Waals surface area contributed by atoms with Gasteiger partial charge in [0.1, 0.15) is 0 Å². The normalized spacial score (nSPS) is 26.5. The summed E-state index contributed by atoms with van der Waals surface area (Å²) in [6, 6.07) is 0.464. The quantitative estimate of drug-likeness (QED) is 0.587. The summed E-state index contributed by atoms with van der Waals surface area (Å²) in [6.45, 7) is 5.18. The van der Waals surface area contributed by atoms with Crippen LogP contribution in [0.2, 0.25) is 0 Å². The van der Waals surface area contributed by atoms with Crippen LogP contribution in [0, 0.1) is 0 Å². The monoisotopic (exact) mass is 142 g/mol. The summed E-state index contributed by atoms with van der Waals surface area (Å²) in [5.41, 5.74) is 5.15. The van der Waals surface area contributed by atoms with Crippen LogP contribution in [-0.4, -0.2) is 29.4 Å². The Labute approximate surface area is 61.2 Å². The van der Waals surface area contributed by atoms with Gasteiger partial charge in [0.2, 0.25) is 5.91 Å². The lowest BCUT2D eigenvalue weighted by molar-refractivity contribution is -0.128. The smallest absolute Gasteiger partial charge is 0.234 e. The fourth-order valence-corrected chi connectivity index (χ4v) is 1.33. The van der Waals surface area contributed by atoms with Crippen molar-refractivity contribution in [2.24, 2.45) is 5.73 Å². The number of likely N-dealkylation sites (tertiary alicyclic amines) is 1. The van der Waals surface area contributed by atoms with Crippen molar-refractivity contribution in [1.29, 1.82) is 0 Å². The van der Waals surface area contributed by atoms with Crippen LogP contribution in [0.3, 0.4) is 0 Å². The molecule has 1 rings (SSSR count). The highest BCUT2D eigenvalue weighted by Gasteiger charge is 2.33. The number of nitrogens with zero attached hydrogens (tertiary/aromatic N) is 1. The molecule has 0 aliphatic carbocycles. The summed E-state index contributed by atoms with van der Waals surface area (Å²) in [4.78, 5) is 12.8. The molecule has 10 heavy (non-hydrogen) atoms. The highest BCUT2D eigenvalue weighted by atomic mass is 16.1. The zero-order valence-electron chi connectivity index (χ0n) is 6.50. The molecule has 2 N–H and O–H groups in total. The SMILES string of the molecule is CC(C)N1CCC1C(N)=O. The second-order valence-corrected chi connectivity index (χ2v) is 3.04. The van der Waals surface area contributed by atoms with Gasteiger partial charge in [-0.25, -0.2) is 0 Å². The molecular weight excluding hydrogens is 128 g/mol. The summed E-state index contributed by atoms with van der Waals surface area (Å²) in [5.74, 6) is -0.181. The number of nitrogens with two attached hydrogens (primary N) is 1. The topological polar surface area (TPSA) is 46.3 Å². The molecule has 0 bridgehead atoms. The summed E-state index contributed by atoms with van der Waals surface area (Å²) in [6.07, 6.45) is 0.938. The van der Waals surface area contributed by atoms with Crippen LogP contribution in [0.5, 0.6) is 0 Å². The standard InChI is InChI=1S/C7H14N2O/c1-5(2)9-4-3-6(9)7(8)10/h5-6H,3-4H2,1-2H3,(H2,8,10). The average Bonchev–Trinajstić information content (AvgIpc) is 1.56. The van der Waals surface area contributed by atoms with E-state index in [1.807, 2.05) is 0 Å². The van der Waals surface area contributed by atoms with Gasteiger partial charge in [0, 0.05) is 12.6 Å². The number of hydrogen-bond donors (Lipinski definition) is 1. The van der Waals surface area contributed by atoms with Crippen molar-refractivity contribution in [2.75, 3.05) is 6.54 Å². The Hall–Kier alpha value is -0.570. The van der Waals surface area contributed by atoms with E-state index in [2.05, 4.69) is 18.7 Å². The molecule has 1 aliphatic heterocycles. The largest absolute Gasteiger partial charge is 0.368 e. The molecule has 58 valence electrons. The predicted octanol–water partition coefficient (Wildman–Crippen LogP) is -0.0456. The van der Waals surface area contributed by atoms with E-state index in [-0.39, 0.29) is 11.9 Å². The molecule has 1 saturated heterocycles. The van der Waals surface area contributed by atoms with Crippen molar-refractivity contribution in [2.45, 2.75) is 32.4 Å². The van der Waals surface area contributed by atoms with Crippen LogP contribution in [-0.2, 0) is 4.79 Å². The minimum atomic E-state index is -0.181. The number of primary amides is 1. The van der Waals surface area contributed by atoms with E-state index in [0.717, 1.165) is 13.0 Å². The molecule has 0 aromatic heterocycles. The molecule has 1 fully saturated rings. The van der Waals surface area contributed by atoms with Crippen molar-refractivity contribution >= 4 is 5.91 Å². The van der Waals surface area contributed by atoms with Gasteiger partial charge in [-0.1, -0.05) is 0 Å². The van der Waals surface area contributed by atoms with Crippen LogP contribution in [0.25, 0.3) is 0 Å². The molecule has 0 aromatic rings. The third-order valence-electron chi connectivity index (χ3n) is 2.05. The van der Waals surface area contributed by atoms with Gasteiger partial charge in [-0.3, -0.25) is 9.69 Å². The molecule has 3 heteroatoms. The maximum atomic E-state index is 10.7. The fourth-order valence-electron chi connectivity index (χ4n) is 1.33. The number of rotatable bonds is 2. The summed E-state index contributed by atoms with van der Waals surface area (Å²) >= 11 is 0. The van der Waals surface area contributed by atoms with E-state index in [4.69, 9.17) is 5.73 Å². The van der Waals surface area contributed by atoms with Crippen LogP contribution in [0.15, 0.2) is 0 Å². The maximum Gasteiger partial charge on any atom is 0.234 e. The van der Waals surface area contributed by atoms with E-state index in [1.54, 1.807) is 0 Å². The van der Waals surface area contributed by atoms with Gasteiger partial charge in [-0.05, 0) is 20.3 Å². The summed E-state index contributed by atoms with van der Waals surface area (Å²) < 4.78 is 0. The van der Waals surface area contributed by atoms with Gasteiger partial charge in [0.25, 0.3) is 0 Å². The number of carbonyl (C=O) groups excluding carboxylic acids is 1. The zero-order chi connectivity index (χ0) is 7.72. The first kappa shape index (κ1) is 7.54. The number of hydrogen-bond acceptors (Lipinski definition) is 2. The molecular formula is C7H14N2O. The molecule has 0 radical (unpaired) electrons. The molecule has 3 nitrogen and oxygen atoms in total. The van der Waals surface area contributed by atoms with Crippen molar-refractivity contribution in [3.63, 3.8) is 0 Å². The Morgan fingerprint density at radius 1 is 1.70 bits per heavy atom. The van der Waals surface area contributed by atoms with Crippen molar-refractivity contribution in [3.05, 3.63) is 0 Å². The average molecular weight is 142 g/mol. The van der Waals surface area contributed by atoms with Gasteiger partial charge >= 0.3 is 0 Å². The zero-order valence-corrected chi connectivity index (χ0v) is 6.50. The lowest BCUT2D eigenvalue weighted by Crippen LogP contribution is -2.57. The van der Waals surface area contributed by atoms with E-state index < -0.39 is 0 Å². The maximum absolute atomic E-state index is 10.7. The molecule has 0 spiro atoms. The number of carbonyl (C=O) groups is 1. The van der Waals surface area contributed by atoms with Gasteiger partial charge < -0.3 is 5.73 Å². The molecule has 1 heterocycles. The third kappa shape index (κ3) is 1.14. The highest BCUT2D eigenvalue weighted by Crippen LogP contribution is 2.19. The first-order valence-corrected chi connectivity index (χ1v) is 3.68. The van der Waals surface area contributed by atoms with Gasteiger partial charge in [-0.2, -0.15) is 0 Å². The van der Waals surface area contributed by atoms with E-state index >= 15 is 0 Å². The van der Waals surface area contributed by atoms with Crippen molar-refractivity contribution in [3.8, 4) is 0 Å². The molecule has 0 saturated carbocycles. The molecule has 1 amide bonds. The minimum Gasteiger partial charge on any atom is -0.368 e. The van der Waals surface area contributed by atoms with E-state index in [9.17, 15) is 4.79 Å². The van der Waals surface area contributed by atoms with Gasteiger partial charge in [0.15, 0.2) is 0 Å². The Morgan fingerprint density at radius 2 is 2.30 bits per heavy atom. The van der Waals surface area contributed by atoms with Crippen LogP contribution >= 0.6 is 0 Å². The Bertz CT molecular complexity index is 145. The summed E-state index contributed by atoms with van der Waals surface area (Å²) in [7, 11) is 0. The lowest BCUT2D eigenvalue weighted by Gasteiger charge is -2.41. The second kappa shape index (κ2) is 2.58. The van der Waals surface area contributed by atoms with Crippen molar-refractivity contribution in [1.82, 2.24) is 4.90 Å². The fraction of sp³-hybridized carbons (Fsp3) is 0.857. The minimum absolute atomic E-state index is 0.0139. The summed E-state index contributed by atoms with van der Waals surface area (Å²) in [5, 5.41) is 0. The number of amides is 1. The Morgan fingerprint density at radius 3 is 2.40 bits per heavy atom. The van der Waals surface area contributed by atoms with Crippen LogP contribution in [0.4, 0.5) is 0 Å². The predicted molar refractivity (Wildman–Crippen MR) is 39.4 cm³/mol. The Balaban J connectivity index is 2.43. The van der Waals surface area contributed by atoms with E-state index in [0.29, 0.717) is 6.04 Å². The Kier molecular flexibility index (Phi) is 1.94. The van der Waals surface area contributed by atoms with Gasteiger partial charge in [-0.15, -0.1) is 0 Å². The molecule has 1 unspecified atom stereocenters. The van der Waals surface area contributed by atoms with Crippen LogP contribution in [0.1, 0.15) is 20.3 Å². The molecule has 0 aromatic carbocycles. The molecule has 1 aliphatic rings. The van der Waals surface area contributed by atoms with Gasteiger partial charge in [0.05, 0.1) is 6.04 Å². The lowest BCUT2D eigenvalue weighted by atomic mass is 10.0. The molecule has 1 atom stereocenters. The van der Waals surface area contributed by atoms with Crippen LogP contribution < -0.4 is 5.73 Å². The second-order valence-electron chi connectivity index (χ2n) is 3.04. The third-order valence-corrected chi connectivity index (χ3v) is 2.05.